The van der Waals surface area contributed by atoms with E-state index in [-0.39, 0.29) is 23.0 Å². The molecule has 1 aromatic heterocycles. The van der Waals surface area contributed by atoms with Crippen molar-refractivity contribution in [1.82, 2.24) is 15.3 Å². The number of imide groups is 1. The number of nitrogens with two attached hydrogens (primary N) is 1. The van der Waals surface area contributed by atoms with Crippen LogP contribution >= 0.6 is 0 Å². The number of anilines is 3. The Kier molecular flexibility index (Phi) is 4.97. The first-order chi connectivity index (χ1) is 13.5. The monoisotopic (exact) mass is 410 g/mol. The van der Waals surface area contributed by atoms with Gasteiger partial charge in [0.05, 0.1) is 17.0 Å². The zero-order valence-corrected chi connectivity index (χ0v) is 14.4. The maximum absolute atomic E-state index is 12.8. The predicted molar refractivity (Wildman–Crippen MR) is 93.3 cm³/mol. The minimum absolute atomic E-state index is 0.0203. The third-order valence-corrected chi connectivity index (χ3v) is 3.97. The lowest BCUT2D eigenvalue weighted by Crippen LogP contribution is -2.43. The number of carbonyl (C=O) groups excluding carboxylic acids is 3. The number of alkyl halides is 3. The summed E-state index contributed by atoms with van der Waals surface area (Å²) in [5, 5.41) is 6.61. The van der Waals surface area contributed by atoms with Crippen molar-refractivity contribution in [1.29, 1.82) is 0 Å². The number of halogens is 3. The van der Waals surface area contributed by atoms with Crippen molar-refractivity contribution in [2.24, 2.45) is 5.73 Å². The zero-order valence-electron chi connectivity index (χ0n) is 14.4. The van der Waals surface area contributed by atoms with Crippen molar-refractivity contribution >= 4 is 35.3 Å². The average molecular weight is 410 g/mol. The summed E-state index contributed by atoms with van der Waals surface area (Å²) in [5.41, 5.74) is 2.91. The molecule has 0 fully saturated rings. The highest BCUT2D eigenvalue weighted by molar-refractivity contribution is 6.04. The van der Waals surface area contributed by atoms with Crippen molar-refractivity contribution in [2.75, 3.05) is 10.6 Å². The van der Waals surface area contributed by atoms with Gasteiger partial charge in [0.15, 0.2) is 0 Å². The third kappa shape index (κ3) is 4.34. The number of H-pyrrole nitrogens is 1. The van der Waals surface area contributed by atoms with E-state index in [2.05, 4.69) is 20.6 Å². The number of nitrogens with zero attached hydrogens (tertiary/aromatic N) is 1. The Balaban J connectivity index is 1.95. The molecule has 1 atom stereocenters. The highest BCUT2D eigenvalue weighted by atomic mass is 19.4. The number of fused-ring (bicyclic) bond motifs is 1. The van der Waals surface area contributed by atoms with Gasteiger partial charge in [-0.1, -0.05) is 6.07 Å². The topological polar surface area (TPSA) is 159 Å². The third-order valence-electron chi connectivity index (χ3n) is 3.97. The fraction of sp³-hybridized carbons (Fsp3) is 0.188. The maximum atomic E-state index is 12.8. The second-order valence-electron chi connectivity index (χ2n) is 6.04. The Morgan fingerprint density at radius 3 is 2.62 bits per heavy atom. The number of hydrogen-bond acceptors (Lipinski definition) is 6. The number of amides is 4. The number of urea groups is 1. The van der Waals surface area contributed by atoms with Gasteiger partial charge in [0.2, 0.25) is 17.8 Å². The van der Waals surface area contributed by atoms with E-state index in [1.54, 1.807) is 5.32 Å². The van der Waals surface area contributed by atoms with E-state index in [9.17, 15) is 32.3 Å². The summed E-state index contributed by atoms with van der Waals surface area (Å²) in [6, 6.07) is 3.00. The Morgan fingerprint density at radius 1 is 1.24 bits per heavy atom. The van der Waals surface area contributed by atoms with E-state index < -0.39 is 47.5 Å². The number of aromatic nitrogens is 2. The number of nitrogens with one attached hydrogen (secondary N) is 4. The molecule has 1 aromatic carbocycles. The second kappa shape index (κ2) is 7.26. The lowest BCUT2D eigenvalue weighted by Gasteiger charge is -2.23. The van der Waals surface area contributed by atoms with Crippen LogP contribution in [0.5, 0.6) is 0 Å². The van der Waals surface area contributed by atoms with Gasteiger partial charge < -0.3 is 16.4 Å². The van der Waals surface area contributed by atoms with Crippen LogP contribution < -0.4 is 27.2 Å². The fourth-order valence-corrected chi connectivity index (χ4v) is 2.77. The fourth-order valence-electron chi connectivity index (χ4n) is 2.77. The molecule has 4 amide bonds. The molecule has 0 aliphatic carbocycles. The number of primary amides is 1. The van der Waals surface area contributed by atoms with Crippen LogP contribution in [-0.4, -0.2) is 27.8 Å². The van der Waals surface area contributed by atoms with Crippen LogP contribution in [0.25, 0.3) is 0 Å². The van der Waals surface area contributed by atoms with Crippen molar-refractivity contribution in [3.63, 3.8) is 0 Å². The Labute approximate surface area is 159 Å². The SMILES string of the molecule is NC(=O)NC(=O)[C@H]1CC(=O)Nc2nc(Nc3cccc(C(F)(F)F)c3)[nH]c(=O)c21. The minimum atomic E-state index is -4.57. The molecule has 2 heterocycles. The molecule has 0 saturated carbocycles. The van der Waals surface area contributed by atoms with Gasteiger partial charge in [0, 0.05) is 12.1 Å². The zero-order chi connectivity index (χ0) is 21.3. The first-order valence-corrected chi connectivity index (χ1v) is 8.03. The van der Waals surface area contributed by atoms with Gasteiger partial charge in [-0.2, -0.15) is 18.2 Å². The molecule has 0 radical (unpaired) electrons. The Hall–Kier alpha value is -3.90. The number of carbonyl (C=O) groups is 3. The summed E-state index contributed by atoms with van der Waals surface area (Å²) in [4.78, 5) is 53.5. The molecule has 1 aliphatic rings. The van der Waals surface area contributed by atoms with Crippen molar-refractivity contribution in [3.05, 3.63) is 45.7 Å². The lowest BCUT2D eigenvalue weighted by molar-refractivity contribution is -0.137. The molecule has 1 aliphatic heterocycles. The summed E-state index contributed by atoms with van der Waals surface area (Å²) in [7, 11) is 0. The van der Waals surface area contributed by atoms with Crippen LogP contribution in [0.4, 0.5) is 35.4 Å². The molecule has 0 unspecified atom stereocenters. The quantitative estimate of drug-likeness (QED) is 0.510. The van der Waals surface area contributed by atoms with E-state index in [0.717, 1.165) is 18.2 Å². The molecule has 10 nitrogen and oxygen atoms in total. The van der Waals surface area contributed by atoms with E-state index in [1.807, 2.05) is 0 Å². The van der Waals surface area contributed by atoms with Crippen LogP contribution in [0.15, 0.2) is 29.1 Å². The minimum Gasteiger partial charge on any atom is -0.351 e. The van der Waals surface area contributed by atoms with E-state index in [1.165, 1.54) is 6.07 Å². The molecule has 3 rings (SSSR count). The van der Waals surface area contributed by atoms with E-state index >= 15 is 0 Å². The normalized spacial score (nSPS) is 15.8. The van der Waals surface area contributed by atoms with Crippen LogP contribution in [0.3, 0.4) is 0 Å². The van der Waals surface area contributed by atoms with Crippen LogP contribution in [0, 0.1) is 0 Å². The van der Waals surface area contributed by atoms with Crippen molar-refractivity contribution in [2.45, 2.75) is 18.5 Å². The smallest absolute Gasteiger partial charge is 0.351 e. The van der Waals surface area contributed by atoms with Gasteiger partial charge in [0.1, 0.15) is 5.82 Å². The second-order valence-corrected chi connectivity index (χ2v) is 6.04. The van der Waals surface area contributed by atoms with E-state index in [4.69, 9.17) is 5.73 Å². The summed E-state index contributed by atoms with van der Waals surface area (Å²) < 4.78 is 38.5. The van der Waals surface area contributed by atoms with Gasteiger partial charge >= 0.3 is 12.2 Å². The number of rotatable bonds is 3. The largest absolute Gasteiger partial charge is 0.416 e. The molecule has 29 heavy (non-hydrogen) atoms. The molecule has 2 aromatic rings. The van der Waals surface area contributed by atoms with Crippen LogP contribution in [0.2, 0.25) is 0 Å². The Bertz CT molecular complexity index is 1070. The predicted octanol–water partition coefficient (Wildman–Crippen LogP) is 1.15. The highest BCUT2D eigenvalue weighted by Crippen LogP contribution is 2.32. The molecular formula is C16H13F3N6O4. The van der Waals surface area contributed by atoms with E-state index in [0.29, 0.717) is 0 Å². The first kappa shape index (κ1) is 19.9. The van der Waals surface area contributed by atoms with Gasteiger partial charge in [-0.3, -0.25) is 24.7 Å². The standard InChI is InChI=1S/C16H13F3N6O4/c17-16(18,19)6-2-1-3-7(4-6)21-15-23-11-10(13(28)25-15)8(5-9(26)22-11)12(27)24-14(20)29/h1-4,8H,5H2,(H3,20,24,27,29)(H3,21,22,23,25,26,28)/t8-/m0/s1. The summed E-state index contributed by atoms with van der Waals surface area (Å²) in [6.45, 7) is 0. The van der Waals surface area contributed by atoms with Gasteiger partial charge in [-0.15, -0.1) is 0 Å². The first-order valence-electron chi connectivity index (χ1n) is 8.03. The molecule has 6 N–H and O–H groups in total. The van der Waals surface area contributed by atoms with Crippen molar-refractivity contribution in [3.8, 4) is 0 Å². The summed E-state index contributed by atoms with van der Waals surface area (Å²) >= 11 is 0. The van der Waals surface area contributed by atoms with Crippen LogP contribution in [0.1, 0.15) is 23.5 Å². The molecular weight excluding hydrogens is 397 g/mol. The molecule has 13 heteroatoms. The van der Waals surface area contributed by atoms with Crippen molar-refractivity contribution < 1.29 is 27.6 Å². The van der Waals surface area contributed by atoms with Gasteiger partial charge in [-0.25, -0.2) is 4.79 Å². The molecule has 152 valence electrons. The average Bonchev–Trinajstić information content (AvgIpc) is 2.59. The lowest BCUT2D eigenvalue weighted by atomic mass is 9.92. The van der Waals surface area contributed by atoms with Gasteiger partial charge in [-0.05, 0) is 18.2 Å². The highest BCUT2D eigenvalue weighted by Gasteiger charge is 2.35. The van der Waals surface area contributed by atoms with Crippen LogP contribution in [-0.2, 0) is 15.8 Å². The molecule has 0 saturated heterocycles. The summed E-state index contributed by atoms with van der Waals surface area (Å²) in [6.07, 6.45) is -4.99. The molecule has 0 bridgehead atoms. The Morgan fingerprint density at radius 2 is 1.97 bits per heavy atom. The maximum Gasteiger partial charge on any atom is 0.416 e. The number of hydrogen-bond donors (Lipinski definition) is 5. The molecule has 0 spiro atoms. The number of benzene rings is 1. The number of aromatic amines is 1. The summed E-state index contributed by atoms with van der Waals surface area (Å²) in [5.74, 6) is -3.44. The van der Waals surface area contributed by atoms with Gasteiger partial charge in [0.25, 0.3) is 5.56 Å².